The molecular formula is C18H18Br2N2O3S. The molecule has 2 aromatic rings. The van der Waals surface area contributed by atoms with Crippen molar-refractivity contribution in [2.45, 2.75) is 26.4 Å². The zero-order chi connectivity index (χ0) is 19.3. The number of carbonyl (C=O) groups excluding carboxylic acids is 1. The van der Waals surface area contributed by atoms with Gasteiger partial charge in [0.25, 0.3) is 5.91 Å². The molecule has 0 heterocycles. The molecule has 0 bridgehead atoms. The number of anilines is 1. The van der Waals surface area contributed by atoms with E-state index in [1.807, 2.05) is 19.9 Å². The fourth-order valence-corrected chi connectivity index (χ4v) is 3.40. The molecule has 0 unspecified atom stereocenters. The van der Waals surface area contributed by atoms with Crippen LogP contribution in [0.1, 0.15) is 30.6 Å². The van der Waals surface area contributed by atoms with Crippen LogP contribution in [0, 0.1) is 0 Å². The van der Waals surface area contributed by atoms with Gasteiger partial charge in [0.2, 0.25) is 0 Å². The van der Waals surface area contributed by atoms with Gasteiger partial charge in [-0.25, -0.2) is 0 Å². The summed E-state index contributed by atoms with van der Waals surface area (Å²) in [6, 6.07) is 10.2. The smallest absolute Gasteiger partial charge is 0.257 e. The molecule has 0 saturated carbocycles. The third-order valence-corrected chi connectivity index (χ3v) is 4.92. The standard InChI is InChI=1S/C18H18Br2N2O3S/c1-3-10(2)25-13-6-4-5-11(7-13)17(24)22-18(26)21-12-8-14(19)16(23)15(20)9-12/h4-10,23H,3H2,1-2H3,(H2,21,22,24,26)/t10-/m1/s1. The lowest BCUT2D eigenvalue weighted by Gasteiger charge is -2.14. The number of amides is 1. The minimum absolute atomic E-state index is 0.0717. The molecule has 5 nitrogen and oxygen atoms in total. The number of phenols is 1. The maximum absolute atomic E-state index is 12.4. The lowest BCUT2D eigenvalue weighted by molar-refractivity contribution is 0.0977. The predicted octanol–water partition coefficient (Wildman–Crippen LogP) is 5.22. The number of hydrogen-bond donors (Lipinski definition) is 3. The summed E-state index contributed by atoms with van der Waals surface area (Å²) in [6.45, 7) is 4.01. The highest BCUT2D eigenvalue weighted by Gasteiger charge is 2.12. The summed E-state index contributed by atoms with van der Waals surface area (Å²) < 4.78 is 6.73. The van der Waals surface area contributed by atoms with Crippen LogP contribution < -0.4 is 15.4 Å². The van der Waals surface area contributed by atoms with Gasteiger partial charge >= 0.3 is 0 Å². The minimum Gasteiger partial charge on any atom is -0.506 e. The molecule has 1 atom stereocenters. The SMILES string of the molecule is CC[C@@H](C)Oc1cccc(C(=O)NC(=S)Nc2cc(Br)c(O)c(Br)c2)c1. The minimum atomic E-state index is -0.339. The second-order valence-electron chi connectivity index (χ2n) is 5.56. The molecule has 138 valence electrons. The Kier molecular flexibility index (Phi) is 7.43. The van der Waals surface area contributed by atoms with Crippen LogP contribution >= 0.6 is 44.1 Å². The van der Waals surface area contributed by atoms with Gasteiger partial charge in [-0.2, -0.15) is 0 Å². The molecule has 0 spiro atoms. The van der Waals surface area contributed by atoms with Crippen LogP contribution in [0.5, 0.6) is 11.5 Å². The molecule has 3 N–H and O–H groups in total. The summed E-state index contributed by atoms with van der Waals surface area (Å²) >= 11 is 11.7. The summed E-state index contributed by atoms with van der Waals surface area (Å²) in [7, 11) is 0. The van der Waals surface area contributed by atoms with E-state index in [0.717, 1.165) is 6.42 Å². The molecule has 0 aromatic heterocycles. The second kappa shape index (κ2) is 9.34. The Bertz CT molecular complexity index is 807. The Labute approximate surface area is 174 Å². The highest BCUT2D eigenvalue weighted by atomic mass is 79.9. The number of halogens is 2. The van der Waals surface area contributed by atoms with Gasteiger partial charge in [0, 0.05) is 11.3 Å². The molecule has 0 aliphatic carbocycles. The van der Waals surface area contributed by atoms with E-state index < -0.39 is 0 Å². The van der Waals surface area contributed by atoms with E-state index in [0.29, 0.717) is 25.9 Å². The number of benzene rings is 2. The first-order valence-corrected chi connectivity index (χ1v) is 9.86. The van der Waals surface area contributed by atoms with Crippen molar-refractivity contribution in [1.29, 1.82) is 0 Å². The number of carbonyl (C=O) groups is 1. The van der Waals surface area contributed by atoms with E-state index in [1.165, 1.54) is 0 Å². The fourth-order valence-electron chi connectivity index (χ4n) is 2.00. The quantitative estimate of drug-likeness (QED) is 0.387. The van der Waals surface area contributed by atoms with E-state index in [4.69, 9.17) is 17.0 Å². The molecule has 0 radical (unpaired) electrons. The summed E-state index contributed by atoms with van der Waals surface area (Å²) in [4.78, 5) is 12.4. The predicted molar refractivity (Wildman–Crippen MR) is 114 cm³/mol. The van der Waals surface area contributed by atoms with Crippen molar-refractivity contribution < 1.29 is 14.6 Å². The fraction of sp³-hybridized carbons (Fsp3) is 0.222. The average molecular weight is 502 g/mol. The van der Waals surface area contributed by atoms with E-state index in [1.54, 1.807) is 30.3 Å². The van der Waals surface area contributed by atoms with Crippen molar-refractivity contribution in [2.24, 2.45) is 0 Å². The van der Waals surface area contributed by atoms with Crippen LogP contribution in [0.15, 0.2) is 45.3 Å². The highest BCUT2D eigenvalue weighted by molar-refractivity contribution is 9.11. The average Bonchev–Trinajstić information content (AvgIpc) is 2.59. The number of nitrogens with one attached hydrogen (secondary N) is 2. The zero-order valence-corrected chi connectivity index (χ0v) is 18.2. The van der Waals surface area contributed by atoms with Crippen molar-refractivity contribution in [3.05, 3.63) is 50.9 Å². The largest absolute Gasteiger partial charge is 0.506 e. The maximum Gasteiger partial charge on any atom is 0.257 e. The van der Waals surface area contributed by atoms with Crippen LogP contribution in [-0.2, 0) is 0 Å². The topological polar surface area (TPSA) is 70.6 Å². The van der Waals surface area contributed by atoms with Crippen LogP contribution in [0.2, 0.25) is 0 Å². The third-order valence-electron chi connectivity index (χ3n) is 3.51. The molecule has 0 aliphatic rings. The van der Waals surface area contributed by atoms with Crippen molar-refractivity contribution in [1.82, 2.24) is 5.32 Å². The van der Waals surface area contributed by atoms with Gasteiger partial charge in [0.15, 0.2) is 5.11 Å². The van der Waals surface area contributed by atoms with E-state index in [9.17, 15) is 9.90 Å². The molecule has 2 aromatic carbocycles. The summed E-state index contributed by atoms with van der Waals surface area (Å²) in [5, 5.41) is 15.4. The molecule has 0 aliphatic heterocycles. The Morgan fingerprint density at radius 1 is 1.27 bits per heavy atom. The van der Waals surface area contributed by atoms with E-state index in [-0.39, 0.29) is 22.9 Å². The summed E-state index contributed by atoms with van der Waals surface area (Å²) in [5.41, 5.74) is 1.06. The highest BCUT2D eigenvalue weighted by Crippen LogP contribution is 2.35. The maximum atomic E-state index is 12.4. The van der Waals surface area contributed by atoms with Crippen molar-refractivity contribution in [3.63, 3.8) is 0 Å². The van der Waals surface area contributed by atoms with Crippen LogP contribution in [0.25, 0.3) is 0 Å². The number of hydrogen-bond acceptors (Lipinski definition) is 4. The van der Waals surface area contributed by atoms with Crippen LogP contribution in [-0.4, -0.2) is 22.2 Å². The number of ether oxygens (including phenoxy) is 1. The van der Waals surface area contributed by atoms with Crippen molar-refractivity contribution in [2.75, 3.05) is 5.32 Å². The van der Waals surface area contributed by atoms with Crippen LogP contribution in [0.4, 0.5) is 5.69 Å². The molecule has 1 amide bonds. The molecule has 2 rings (SSSR count). The Balaban J connectivity index is 2.03. The second-order valence-corrected chi connectivity index (χ2v) is 7.68. The molecule has 8 heteroatoms. The van der Waals surface area contributed by atoms with Gasteiger partial charge < -0.3 is 15.2 Å². The number of thiocarbonyl (C=S) groups is 1. The first-order valence-electron chi connectivity index (χ1n) is 7.87. The lowest BCUT2D eigenvalue weighted by atomic mass is 10.2. The lowest BCUT2D eigenvalue weighted by Crippen LogP contribution is -2.34. The Morgan fingerprint density at radius 3 is 2.54 bits per heavy atom. The first kappa shape index (κ1) is 20.7. The van der Waals surface area contributed by atoms with Crippen LogP contribution in [0.3, 0.4) is 0 Å². The summed E-state index contributed by atoms with van der Waals surface area (Å²) in [6.07, 6.45) is 0.949. The number of aromatic hydroxyl groups is 1. The third kappa shape index (κ3) is 5.69. The molecule has 0 saturated heterocycles. The van der Waals surface area contributed by atoms with Gasteiger partial charge in [0.1, 0.15) is 11.5 Å². The van der Waals surface area contributed by atoms with Gasteiger partial charge in [-0.15, -0.1) is 0 Å². The van der Waals surface area contributed by atoms with Gasteiger partial charge in [0.05, 0.1) is 15.0 Å². The monoisotopic (exact) mass is 500 g/mol. The van der Waals surface area contributed by atoms with E-state index >= 15 is 0 Å². The van der Waals surface area contributed by atoms with E-state index in [2.05, 4.69) is 42.5 Å². The molecular weight excluding hydrogens is 484 g/mol. The normalized spacial score (nSPS) is 11.5. The first-order chi connectivity index (χ1) is 12.3. The number of rotatable bonds is 5. The van der Waals surface area contributed by atoms with Gasteiger partial charge in [-0.1, -0.05) is 13.0 Å². The van der Waals surface area contributed by atoms with Gasteiger partial charge in [-0.05, 0) is 87.8 Å². The van der Waals surface area contributed by atoms with Crippen molar-refractivity contribution >= 4 is 60.8 Å². The Hall–Kier alpha value is -1.64. The molecule has 26 heavy (non-hydrogen) atoms. The molecule has 0 fully saturated rings. The summed E-state index contributed by atoms with van der Waals surface area (Å²) in [5.74, 6) is 0.384. The van der Waals surface area contributed by atoms with Gasteiger partial charge in [-0.3, -0.25) is 10.1 Å². The van der Waals surface area contributed by atoms with Crippen molar-refractivity contribution in [3.8, 4) is 11.5 Å². The zero-order valence-electron chi connectivity index (χ0n) is 14.2. The Morgan fingerprint density at radius 2 is 1.92 bits per heavy atom. The number of phenolic OH excluding ortho intramolecular Hbond substituents is 1.